The van der Waals surface area contributed by atoms with Gasteiger partial charge in [-0.25, -0.2) is 0 Å². The second-order valence-corrected chi connectivity index (χ2v) is 10.5. The molecule has 0 fully saturated rings. The molecule has 0 bridgehead atoms. The lowest BCUT2D eigenvalue weighted by atomic mass is 9.74. The number of rotatable bonds is 6. The lowest BCUT2D eigenvalue weighted by Gasteiger charge is -2.35. The summed E-state index contributed by atoms with van der Waals surface area (Å²) in [6, 6.07) is 18.3. The van der Waals surface area contributed by atoms with E-state index >= 15 is 0 Å². The van der Waals surface area contributed by atoms with Crippen molar-refractivity contribution in [2.45, 2.75) is 51.0 Å². The van der Waals surface area contributed by atoms with Crippen LogP contribution in [0, 0.1) is 0 Å². The molecule has 0 radical (unpaired) electrons. The highest BCUT2D eigenvalue weighted by Crippen LogP contribution is 2.43. The van der Waals surface area contributed by atoms with E-state index in [0.717, 1.165) is 56.2 Å². The van der Waals surface area contributed by atoms with Gasteiger partial charge in [0.15, 0.2) is 0 Å². The summed E-state index contributed by atoms with van der Waals surface area (Å²) in [4.78, 5) is 8.05. The molecule has 1 unspecified atom stereocenters. The normalized spacial score (nSPS) is 15.3. The number of aromatic amines is 1. The molecule has 4 aromatic rings. The molecule has 2 aromatic carbocycles. The van der Waals surface area contributed by atoms with Crippen LogP contribution in [-0.4, -0.2) is 27.3 Å². The number of aliphatic hydroxyl groups is 1. The largest absolute Gasteiger partial charge is 0.493 e. The molecule has 0 saturated carbocycles. The summed E-state index contributed by atoms with van der Waals surface area (Å²) >= 11 is 6.41. The van der Waals surface area contributed by atoms with Gasteiger partial charge >= 0.3 is 0 Å². The number of ether oxygens (including phenoxy) is 1. The summed E-state index contributed by atoms with van der Waals surface area (Å²) < 4.78 is 5.94. The molecule has 0 saturated heterocycles. The second-order valence-electron chi connectivity index (χ2n) is 10.1. The molecule has 5 heteroatoms. The van der Waals surface area contributed by atoms with E-state index in [1.54, 1.807) is 0 Å². The molecule has 170 valence electrons. The Kier molecular flexibility index (Phi) is 5.46. The lowest BCUT2D eigenvalue weighted by molar-refractivity contribution is 0.0306. The third kappa shape index (κ3) is 4.50. The number of benzene rings is 2. The zero-order valence-electron chi connectivity index (χ0n) is 19.3. The Balaban J connectivity index is 1.39. The SMILES string of the molecule is CC(O)(Cc1cc2cc(-c3ccccc3)ncc2[nH]1)CC(C)(C)c1cc(Cl)cc2c1OCC2. The quantitative estimate of drug-likeness (QED) is 0.346. The molecule has 5 rings (SSSR count). The predicted molar refractivity (Wildman–Crippen MR) is 134 cm³/mol. The van der Waals surface area contributed by atoms with Crippen molar-refractivity contribution in [1.82, 2.24) is 9.97 Å². The number of nitrogens with one attached hydrogen (secondary N) is 1. The lowest BCUT2D eigenvalue weighted by Crippen LogP contribution is -2.36. The van der Waals surface area contributed by atoms with Crippen molar-refractivity contribution in [2.24, 2.45) is 0 Å². The Morgan fingerprint density at radius 2 is 1.88 bits per heavy atom. The van der Waals surface area contributed by atoms with Crippen LogP contribution in [0.15, 0.2) is 60.8 Å². The number of aromatic nitrogens is 2. The molecule has 0 aliphatic carbocycles. The minimum absolute atomic E-state index is 0.309. The van der Waals surface area contributed by atoms with Crippen LogP contribution in [-0.2, 0) is 18.3 Å². The molecule has 3 heterocycles. The molecule has 2 N–H and O–H groups in total. The van der Waals surface area contributed by atoms with E-state index < -0.39 is 5.60 Å². The molecule has 0 amide bonds. The molecule has 1 aliphatic heterocycles. The maximum atomic E-state index is 11.4. The summed E-state index contributed by atoms with van der Waals surface area (Å²) in [5.41, 5.74) is 4.98. The Morgan fingerprint density at radius 1 is 1.09 bits per heavy atom. The fraction of sp³-hybridized carbons (Fsp3) is 0.321. The van der Waals surface area contributed by atoms with Crippen molar-refractivity contribution in [1.29, 1.82) is 0 Å². The number of halogens is 1. The summed E-state index contributed by atoms with van der Waals surface area (Å²) in [7, 11) is 0. The summed E-state index contributed by atoms with van der Waals surface area (Å²) in [6.07, 6.45) is 3.82. The third-order valence-electron chi connectivity index (χ3n) is 6.50. The van der Waals surface area contributed by atoms with E-state index in [-0.39, 0.29) is 5.41 Å². The first-order valence-electron chi connectivity index (χ1n) is 11.4. The van der Waals surface area contributed by atoms with Gasteiger partial charge in [0.05, 0.1) is 29.6 Å². The van der Waals surface area contributed by atoms with Gasteiger partial charge in [0, 0.05) is 40.1 Å². The first-order valence-corrected chi connectivity index (χ1v) is 11.8. The average molecular weight is 461 g/mol. The fourth-order valence-electron chi connectivity index (χ4n) is 5.25. The Hall–Kier alpha value is -2.82. The van der Waals surface area contributed by atoms with Crippen molar-refractivity contribution in [3.05, 3.63) is 82.6 Å². The van der Waals surface area contributed by atoms with Gasteiger partial charge in [0.2, 0.25) is 0 Å². The van der Waals surface area contributed by atoms with E-state index in [4.69, 9.17) is 16.3 Å². The first-order chi connectivity index (χ1) is 15.7. The van der Waals surface area contributed by atoms with Crippen LogP contribution in [0.5, 0.6) is 5.75 Å². The van der Waals surface area contributed by atoms with Crippen LogP contribution in [0.2, 0.25) is 5.02 Å². The number of hydrogen-bond acceptors (Lipinski definition) is 3. The third-order valence-corrected chi connectivity index (χ3v) is 6.72. The number of fused-ring (bicyclic) bond motifs is 2. The molecular formula is C28H29ClN2O2. The number of H-pyrrole nitrogens is 1. The number of hydrogen-bond donors (Lipinski definition) is 2. The Morgan fingerprint density at radius 3 is 2.67 bits per heavy atom. The monoisotopic (exact) mass is 460 g/mol. The molecular weight excluding hydrogens is 432 g/mol. The minimum Gasteiger partial charge on any atom is -0.493 e. The standard InChI is InChI=1S/C28H29ClN2O2/c1-27(2,23-14-21(29)11-19-9-10-33-26(19)23)17-28(3,32)15-22-12-20-13-24(30-16-25(20)31-22)18-7-5-4-6-8-18/h4-8,11-14,16,31-32H,9-10,15,17H2,1-3H3. The van der Waals surface area contributed by atoms with E-state index in [1.807, 2.05) is 43.5 Å². The van der Waals surface area contributed by atoms with E-state index in [1.165, 1.54) is 0 Å². The fourth-order valence-corrected chi connectivity index (χ4v) is 5.49. The van der Waals surface area contributed by atoms with Crippen LogP contribution < -0.4 is 4.74 Å². The van der Waals surface area contributed by atoms with E-state index in [2.05, 4.69) is 48.1 Å². The predicted octanol–water partition coefficient (Wildman–Crippen LogP) is 6.48. The maximum Gasteiger partial charge on any atom is 0.126 e. The highest BCUT2D eigenvalue weighted by molar-refractivity contribution is 6.30. The zero-order valence-corrected chi connectivity index (χ0v) is 20.0. The molecule has 4 nitrogen and oxygen atoms in total. The molecule has 1 atom stereocenters. The van der Waals surface area contributed by atoms with Crippen molar-refractivity contribution in [2.75, 3.05) is 6.61 Å². The van der Waals surface area contributed by atoms with Gasteiger partial charge in [-0.1, -0.05) is 55.8 Å². The van der Waals surface area contributed by atoms with Gasteiger partial charge < -0.3 is 14.8 Å². The van der Waals surface area contributed by atoms with Gasteiger partial charge in [-0.05, 0) is 48.6 Å². The molecule has 0 spiro atoms. The van der Waals surface area contributed by atoms with Crippen LogP contribution >= 0.6 is 11.6 Å². The van der Waals surface area contributed by atoms with E-state index in [9.17, 15) is 5.11 Å². The second kappa shape index (κ2) is 8.19. The highest BCUT2D eigenvalue weighted by Gasteiger charge is 2.36. The highest BCUT2D eigenvalue weighted by atomic mass is 35.5. The van der Waals surface area contributed by atoms with Crippen molar-refractivity contribution in [3.63, 3.8) is 0 Å². The van der Waals surface area contributed by atoms with Crippen LogP contribution in [0.3, 0.4) is 0 Å². The van der Waals surface area contributed by atoms with Crippen molar-refractivity contribution < 1.29 is 9.84 Å². The number of pyridine rings is 1. The zero-order chi connectivity index (χ0) is 23.2. The summed E-state index contributed by atoms with van der Waals surface area (Å²) in [5.74, 6) is 0.935. The van der Waals surface area contributed by atoms with E-state index in [0.29, 0.717) is 19.4 Å². The van der Waals surface area contributed by atoms with Gasteiger partial charge in [-0.3, -0.25) is 4.98 Å². The number of nitrogens with zero attached hydrogens (tertiary/aromatic N) is 1. The topological polar surface area (TPSA) is 58.1 Å². The maximum absolute atomic E-state index is 11.4. The van der Waals surface area contributed by atoms with Crippen LogP contribution in [0.25, 0.3) is 22.2 Å². The summed E-state index contributed by atoms with van der Waals surface area (Å²) in [6.45, 7) is 6.88. The van der Waals surface area contributed by atoms with Crippen LogP contribution in [0.4, 0.5) is 0 Å². The Bertz CT molecular complexity index is 1310. The average Bonchev–Trinajstić information content (AvgIpc) is 3.37. The summed E-state index contributed by atoms with van der Waals surface area (Å²) in [5, 5.41) is 13.2. The van der Waals surface area contributed by atoms with Gasteiger partial charge in [0.1, 0.15) is 5.75 Å². The van der Waals surface area contributed by atoms with Crippen molar-refractivity contribution in [3.8, 4) is 17.0 Å². The molecule has 33 heavy (non-hydrogen) atoms. The smallest absolute Gasteiger partial charge is 0.126 e. The Labute approximate surface area is 199 Å². The molecule has 1 aliphatic rings. The van der Waals surface area contributed by atoms with Crippen LogP contribution in [0.1, 0.15) is 44.0 Å². The van der Waals surface area contributed by atoms with Gasteiger partial charge in [-0.2, -0.15) is 0 Å². The van der Waals surface area contributed by atoms with Gasteiger partial charge in [0.25, 0.3) is 0 Å². The molecule has 2 aromatic heterocycles. The van der Waals surface area contributed by atoms with Crippen molar-refractivity contribution >= 4 is 22.5 Å². The first kappa shape index (κ1) is 22.0. The van der Waals surface area contributed by atoms with Gasteiger partial charge in [-0.15, -0.1) is 0 Å². The minimum atomic E-state index is -0.923.